The summed E-state index contributed by atoms with van der Waals surface area (Å²) in [7, 11) is 0. The van der Waals surface area contributed by atoms with Gasteiger partial charge in [0.15, 0.2) is 12.4 Å². The van der Waals surface area contributed by atoms with Gasteiger partial charge in [0.2, 0.25) is 0 Å². The highest BCUT2D eigenvalue weighted by molar-refractivity contribution is 6.37. The molecule has 0 saturated heterocycles. The molecule has 1 aromatic heterocycles. The number of nitrogens with one attached hydrogen (secondary N) is 1. The Balaban J connectivity index is 1.56. The molecule has 9 heteroatoms. The Morgan fingerprint density at radius 3 is 2.47 bits per heavy atom. The summed E-state index contributed by atoms with van der Waals surface area (Å²) in [5.41, 5.74) is 2.39. The third-order valence-electron chi connectivity index (χ3n) is 4.17. The molecule has 30 heavy (non-hydrogen) atoms. The van der Waals surface area contributed by atoms with Gasteiger partial charge in [-0.1, -0.05) is 53.0 Å². The van der Waals surface area contributed by atoms with Crippen molar-refractivity contribution in [2.45, 2.75) is 13.5 Å². The lowest BCUT2D eigenvalue weighted by Gasteiger charge is -2.11. The van der Waals surface area contributed by atoms with Gasteiger partial charge in [-0.3, -0.25) is 9.59 Å². The normalized spacial score (nSPS) is 10.7. The number of nitrogens with zero attached hydrogens (tertiary/aromatic N) is 2. The maximum Gasteiger partial charge on any atom is 0.266 e. The second kappa shape index (κ2) is 9.73. The third kappa shape index (κ3) is 5.58. The van der Waals surface area contributed by atoms with E-state index in [1.807, 2.05) is 31.2 Å². The minimum atomic E-state index is -0.604. The Bertz CT molecular complexity index is 1090. The van der Waals surface area contributed by atoms with Crippen LogP contribution >= 0.6 is 23.2 Å². The molecule has 3 rings (SSSR count). The van der Waals surface area contributed by atoms with Gasteiger partial charge < -0.3 is 10.1 Å². The van der Waals surface area contributed by atoms with Gasteiger partial charge in [0.1, 0.15) is 5.82 Å². The lowest BCUT2D eigenvalue weighted by Crippen LogP contribution is -2.34. The van der Waals surface area contributed by atoms with Crippen molar-refractivity contribution in [3.8, 4) is 17.0 Å². The van der Waals surface area contributed by atoms with Gasteiger partial charge in [-0.25, -0.2) is 9.07 Å². The zero-order valence-electron chi connectivity index (χ0n) is 16.0. The standard InChI is InChI=1S/C21H18Cl2FN3O3/c1-13-2-4-14(5-3-13)18-6-7-20(29)27(26-18)9-8-25-19(28)12-30-21-16(22)10-15(24)11-17(21)23/h2-7,10-11H,8-9,12H2,1H3,(H,25,28). The van der Waals surface area contributed by atoms with E-state index in [0.717, 1.165) is 23.3 Å². The fourth-order valence-corrected chi connectivity index (χ4v) is 3.21. The molecule has 0 aliphatic carbocycles. The number of aryl methyl sites for hydroxylation is 1. The first-order valence-electron chi connectivity index (χ1n) is 9.03. The number of amides is 1. The van der Waals surface area contributed by atoms with Crippen LogP contribution in [-0.4, -0.2) is 28.8 Å². The van der Waals surface area contributed by atoms with Gasteiger partial charge >= 0.3 is 0 Å². The van der Waals surface area contributed by atoms with Crippen molar-refractivity contribution in [2.24, 2.45) is 0 Å². The Labute approximate surface area is 182 Å². The molecule has 1 N–H and O–H groups in total. The molecule has 0 radical (unpaired) electrons. The molecule has 0 unspecified atom stereocenters. The Morgan fingerprint density at radius 1 is 1.13 bits per heavy atom. The molecule has 6 nitrogen and oxygen atoms in total. The molecular formula is C21H18Cl2FN3O3. The maximum absolute atomic E-state index is 13.2. The number of halogens is 3. The van der Waals surface area contributed by atoms with Gasteiger partial charge in [0.25, 0.3) is 11.5 Å². The SMILES string of the molecule is Cc1ccc(-c2ccc(=O)n(CCNC(=O)COc3c(Cl)cc(F)cc3Cl)n2)cc1. The fourth-order valence-electron chi connectivity index (χ4n) is 2.64. The van der Waals surface area contributed by atoms with Crippen molar-refractivity contribution in [3.63, 3.8) is 0 Å². The molecule has 1 heterocycles. The first kappa shape index (κ1) is 21.8. The molecule has 156 valence electrons. The summed E-state index contributed by atoms with van der Waals surface area (Å²) < 4.78 is 19.7. The molecule has 1 amide bonds. The summed E-state index contributed by atoms with van der Waals surface area (Å²) >= 11 is 11.7. The lowest BCUT2D eigenvalue weighted by molar-refractivity contribution is -0.123. The van der Waals surface area contributed by atoms with Crippen LogP contribution in [0.4, 0.5) is 4.39 Å². The van der Waals surface area contributed by atoms with Crippen LogP contribution in [-0.2, 0) is 11.3 Å². The third-order valence-corrected chi connectivity index (χ3v) is 4.73. The van der Waals surface area contributed by atoms with Crippen LogP contribution in [0, 0.1) is 12.7 Å². The number of hydrogen-bond acceptors (Lipinski definition) is 4. The van der Waals surface area contributed by atoms with E-state index >= 15 is 0 Å². The summed E-state index contributed by atoms with van der Waals surface area (Å²) in [5.74, 6) is -1.03. The van der Waals surface area contributed by atoms with Crippen LogP contribution in [0.5, 0.6) is 5.75 Å². The van der Waals surface area contributed by atoms with Crippen LogP contribution < -0.4 is 15.6 Å². The molecule has 0 saturated carbocycles. The van der Waals surface area contributed by atoms with Crippen LogP contribution in [0.15, 0.2) is 53.3 Å². The van der Waals surface area contributed by atoms with E-state index in [4.69, 9.17) is 27.9 Å². The van der Waals surface area contributed by atoms with E-state index in [0.29, 0.717) is 5.69 Å². The quantitative estimate of drug-likeness (QED) is 0.594. The van der Waals surface area contributed by atoms with E-state index in [2.05, 4.69) is 10.4 Å². The van der Waals surface area contributed by atoms with E-state index < -0.39 is 11.7 Å². The molecule has 0 spiro atoms. The van der Waals surface area contributed by atoms with Crippen LogP contribution in [0.25, 0.3) is 11.3 Å². The molecule has 0 bridgehead atoms. The second-order valence-corrected chi connectivity index (χ2v) is 7.30. The smallest absolute Gasteiger partial charge is 0.266 e. The number of hydrogen-bond donors (Lipinski definition) is 1. The largest absolute Gasteiger partial charge is 0.481 e. The van der Waals surface area contributed by atoms with Crippen molar-refractivity contribution >= 4 is 29.1 Å². The zero-order valence-corrected chi connectivity index (χ0v) is 17.5. The highest BCUT2D eigenvalue weighted by Crippen LogP contribution is 2.33. The Hall–Kier alpha value is -2.90. The van der Waals surface area contributed by atoms with Gasteiger partial charge in [-0.2, -0.15) is 5.10 Å². The number of benzene rings is 2. The van der Waals surface area contributed by atoms with Crippen LogP contribution in [0.2, 0.25) is 10.0 Å². The topological polar surface area (TPSA) is 73.2 Å². The van der Waals surface area contributed by atoms with Crippen molar-refractivity contribution in [3.05, 3.63) is 80.3 Å². The first-order valence-corrected chi connectivity index (χ1v) is 9.78. The summed E-state index contributed by atoms with van der Waals surface area (Å²) in [6.45, 7) is 1.97. The van der Waals surface area contributed by atoms with Crippen LogP contribution in [0.1, 0.15) is 5.56 Å². The highest BCUT2D eigenvalue weighted by Gasteiger charge is 2.12. The van der Waals surface area contributed by atoms with Crippen molar-refractivity contribution in [1.29, 1.82) is 0 Å². The first-order chi connectivity index (χ1) is 14.3. The molecule has 2 aromatic carbocycles. The number of carbonyl (C=O) groups excluding carboxylic acids is 1. The van der Waals surface area contributed by atoms with Gasteiger partial charge in [-0.05, 0) is 25.1 Å². The highest BCUT2D eigenvalue weighted by atomic mass is 35.5. The molecule has 0 aliphatic rings. The summed E-state index contributed by atoms with van der Waals surface area (Å²) in [5, 5.41) is 6.90. The van der Waals surface area contributed by atoms with Crippen molar-refractivity contribution in [2.75, 3.05) is 13.2 Å². The monoisotopic (exact) mass is 449 g/mol. The summed E-state index contributed by atoms with van der Waals surface area (Å²) in [6.07, 6.45) is 0. The number of carbonyl (C=O) groups is 1. The lowest BCUT2D eigenvalue weighted by atomic mass is 10.1. The predicted molar refractivity (Wildman–Crippen MR) is 114 cm³/mol. The predicted octanol–water partition coefficient (Wildman–Crippen LogP) is 3.86. The molecule has 0 aliphatic heterocycles. The molecule has 3 aromatic rings. The fraction of sp³-hybridized carbons (Fsp3) is 0.190. The van der Waals surface area contributed by atoms with E-state index in [1.54, 1.807) is 6.07 Å². The number of rotatable bonds is 7. The van der Waals surface area contributed by atoms with Gasteiger partial charge in [0, 0.05) is 18.2 Å². The minimum Gasteiger partial charge on any atom is -0.481 e. The Morgan fingerprint density at radius 2 is 1.80 bits per heavy atom. The molecule has 0 fully saturated rings. The average Bonchev–Trinajstić information content (AvgIpc) is 2.69. The Kier molecular flexibility index (Phi) is 7.07. The van der Waals surface area contributed by atoms with Gasteiger partial charge in [0.05, 0.1) is 22.3 Å². The zero-order chi connectivity index (χ0) is 21.7. The van der Waals surface area contributed by atoms with Crippen molar-refractivity contribution in [1.82, 2.24) is 15.1 Å². The second-order valence-electron chi connectivity index (χ2n) is 6.48. The number of aromatic nitrogens is 2. The molecular weight excluding hydrogens is 432 g/mol. The van der Waals surface area contributed by atoms with Crippen molar-refractivity contribution < 1.29 is 13.9 Å². The van der Waals surface area contributed by atoms with Crippen LogP contribution in [0.3, 0.4) is 0 Å². The minimum absolute atomic E-state index is 0.0265. The van der Waals surface area contributed by atoms with E-state index in [-0.39, 0.29) is 41.1 Å². The summed E-state index contributed by atoms with van der Waals surface area (Å²) in [6, 6.07) is 13.0. The maximum atomic E-state index is 13.2. The van der Waals surface area contributed by atoms with Gasteiger partial charge in [-0.15, -0.1) is 0 Å². The van der Waals surface area contributed by atoms with E-state index in [9.17, 15) is 14.0 Å². The average molecular weight is 450 g/mol. The number of ether oxygens (including phenoxy) is 1. The van der Waals surface area contributed by atoms with E-state index in [1.165, 1.54) is 10.7 Å². The molecule has 0 atom stereocenters. The summed E-state index contributed by atoms with van der Waals surface area (Å²) in [4.78, 5) is 24.0.